The number of imidazole rings is 1. The zero-order valence-corrected chi connectivity index (χ0v) is 9.52. The van der Waals surface area contributed by atoms with Gasteiger partial charge in [-0.3, -0.25) is 0 Å². The van der Waals surface area contributed by atoms with Gasteiger partial charge in [-0.2, -0.15) is 0 Å². The van der Waals surface area contributed by atoms with Crippen molar-refractivity contribution in [1.29, 1.82) is 0 Å². The fraction of sp³-hybridized carbons (Fsp3) is 0.0909. The van der Waals surface area contributed by atoms with Crippen molar-refractivity contribution in [2.75, 3.05) is 0 Å². The Labute approximate surface area is 95.9 Å². The third-order valence-electron chi connectivity index (χ3n) is 2.05. The van der Waals surface area contributed by atoms with Crippen LogP contribution < -0.4 is 0 Å². The van der Waals surface area contributed by atoms with Crippen LogP contribution in [-0.2, 0) is 11.2 Å². The summed E-state index contributed by atoms with van der Waals surface area (Å²) in [6, 6.07) is 7.90. The van der Waals surface area contributed by atoms with Crippen LogP contribution in [0.2, 0.25) is 0 Å². The quantitative estimate of drug-likeness (QED) is 0.798. The SMILES string of the molecule is O=CCc1cn(-c2ccc(Br)cc2)cn1. The normalized spacial score (nSPS) is 10.2. The van der Waals surface area contributed by atoms with Crippen LogP contribution in [0.4, 0.5) is 0 Å². The van der Waals surface area contributed by atoms with Gasteiger partial charge >= 0.3 is 0 Å². The molecule has 0 aliphatic rings. The van der Waals surface area contributed by atoms with E-state index in [-0.39, 0.29) is 0 Å². The maximum Gasteiger partial charge on any atom is 0.125 e. The molecule has 0 aliphatic heterocycles. The molecule has 0 spiro atoms. The van der Waals surface area contributed by atoms with E-state index in [0.29, 0.717) is 6.42 Å². The molecule has 0 radical (unpaired) electrons. The summed E-state index contributed by atoms with van der Waals surface area (Å²) in [5.41, 5.74) is 1.82. The molecule has 2 rings (SSSR count). The molecule has 2 aromatic rings. The molecule has 4 heteroatoms. The molecular weight excluding hydrogens is 256 g/mol. The Morgan fingerprint density at radius 1 is 1.33 bits per heavy atom. The van der Waals surface area contributed by atoms with Crippen LogP contribution in [0.1, 0.15) is 5.69 Å². The van der Waals surface area contributed by atoms with Gasteiger partial charge in [-0.05, 0) is 24.3 Å². The number of hydrogen-bond donors (Lipinski definition) is 0. The number of benzene rings is 1. The molecule has 0 amide bonds. The predicted molar refractivity (Wildman–Crippen MR) is 61.0 cm³/mol. The molecule has 76 valence electrons. The van der Waals surface area contributed by atoms with Crippen LogP contribution in [0.15, 0.2) is 41.3 Å². The van der Waals surface area contributed by atoms with Gasteiger partial charge in [0, 0.05) is 22.8 Å². The first-order valence-corrected chi connectivity index (χ1v) is 5.31. The number of rotatable bonds is 3. The van der Waals surface area contributed by atoms with Crippen molar-refractivity contribution in [3.63, 3.8) is 0 Å². The molecule has 0 unspecified atom stereocenters. The van der Waals surface area contributed by atoms with E-state index in [1.165, 1.54) is 0 Å². The van der Waals surface area contributed by atoms with Crippen LogP contribution >= 0.6 is 15.9 Å². The number of hydrogen-bond acceptors (Lipinski definition) is 2. The summed E-state index contributed by atoms with van der Waals surface area (Å²) in [6.45, 7) is 0. The third-order valence-corrected chi connectivity index (χ3v) is 2.58. The smallest absolute Gasteiger partial charge is 0.125 e. The van der Waals surface area contributed by atoms with Gasteiger partial charge in [-0.1, -0.05) is 15.9 Å². The Bertz CT molecular complexity index is 462. The van der Waals surface area contributed by atoms with Crippen LogP contribution in [0.5, 0.6) is 0 Å². The summed E-state index contributed by atoms with van der Waals surface area (Å²) >= 11 is 3.38. The summed E-state index contributed by atoms with van der Waals surface area (Å²) in [5, 5.41) is 0. The highest BCUT2D eigenvalue weighted by atomic mass is 79.9. The van der Waals surface area contributed by atoms with Crippen molar-refractivity contribution in [3.05, 3.63) is 47.0 Å². The van der Waals surface area contributed by atoms with Gasteiger partial charge in [0.15, 0.2) is 0 Å². The van der Waals surface area contributed by atoms with E-state index in [0.717, 1.165) is 22.1 Å². The average Bonchev–Trinajstić information content (AvgIpc) is 2.68. The zero-order chi connectivity index (χ0) is 10.7. The van der Waals surface area contributed by atoms with E-state index in [2.05, 4.69) is 20.9 Å². The number of aldehydes is 1. The van der Waals surface area contributed by atoms with Gasteiger partial charge in [-0.25, -0.2) is 4.98 Å². The van der Waals surface area contributed by atoms with Crippen molar-refractivity contribution in [3.8, 4) is 5.69 Å². The summed E-state index contributed by atoms with van der Waals surface area (Å²) in [5.74, 6) is 0. The van der Waals surface area contributed by atoms with Gasteiger partial charge < -0.3 is 9.36 Å². The van der Waals surface area contributed by atoms with Crippen LogP contribution in [-0.4, -0.2) is 15.8 Å². The summed E-state index contributed by atoms with van der Waals surface area (Å²) in [4.78, 5) is 14.4. The fourth-order valence-electron chi connectivity index (χ4n) is 1.31. The molecule has 1 heterocycles. The monoisotopic (exact) mass is 264 g/mol. The first kappa shape index (κ1) is 10.1. The first-order chi connectivity index (χ1) is 7.29. The number of halogens is 1. The number of carbonyl (C=O) groups is 1. The topological polar surface area (TPSA) is 34.9 Å². The lowest BCUT2D eigenvalue weighted by molar-refractivity contribution is -0.107. The Kier molecular flexibility index (Phi) is 2.97. The van der Waals surface area contributed by atoms with E-state index >= 15 is 0 Å². The molecule has 15 heavy (non-hydrogen) atoms. The maximum atomic E-state index is 10.3. The van der Waals surface area contributed by atoms with E-state index < -0.39 is 0 Å². The van der Waals surface area contributed by atoms with Crippen molar-refractivity contribution in [2.45, 2.75) is 6.42 Å². The number of nitrogens with zero attached hydrogens (tertiary/aromatic N) is 2. The molecule has 3 nitrogen and oxygen atoms in total. The lowest BCUT2D eigenvalue weighted by atomic mass is 10.3. The largest absolute Gasteiger partial charge is 0.306 e. The molecule has 0 bridgehead atoms. The van der Waals surface area contributed by atoms with Gasteiger partial charge in [-0.15, -0.1) is 0 Å². The van der Waals surface area contributed by atoms with Crippen LogP contribution in [0, 0.1) is 0 Å². The van der Waals surface area contributed by atoms with Gasteiger partial charge in [0.1, 0.15) is 6.29 Å². The van der Waals surface area contributed by atoms with Gasteiger partial charge in [0.05, 0.1) is 12.0 Å². The highest BCUT2D eigenvalue weighted by molar-refractivity contribution is 9.10. The molecule has 0 fully saturated rings. The van der Waals surface area contributed by atoms with Crippen molar-refractivity contribution in [1.82, 2.24) is 9.55 Å². The summed E-state index contributed by atoms with van der Waals surface area (Å²) in [6.07, 6.45) is 4.79. The van der Waals surface area contributed by atoms with Crippen molar-refractivity contribution < 1.29 is 4.79 Å². The Balaban J connectivity index is 2.28. The molecule has 0 atom stereocenters. The summed E-state index contributed by atoms with van der Waals surface area (Å²) < 4.78 is 2.94. The van der Waals surface area contributed by atoms with E-state index in [1.54, 1.807) is 6.33 Å². The lowest BCUT2D eigenvalue weighted by Gasteiger charge is -2.00. The zero-order valence-electron chi connectivity index (χ0n) is 7.93. The van der Waals surface area contributed by atoms with Crippen LogP contribution in [0.3, 0.4) is 0 Å². The van der Waals surface area contributed by atoms with Crippen LogP contribution in [0.25, 0.3) is 5.69 Å². The molecular formula is C11H9BrN2O. The maximum absolute atomic E-state index is 10.3. The highest BCUT2D eigenvalue weighted by Gasteiger charge is 1.99. The number of aromatic nitrogens is 2. The van der Waals surface area contributed by atoms with E-state index in [1.807, 2.05) is 35.0 Å². The van der Waals surface area contributed by atoms with Gasteiger partial charge in [0.25, 0.3) is 0 Å². The summed E-state index contributed by atoms with van der Waals surface area (Å²) in [7, 11) is 0. The minimum atomic E-state index is 0.365. The standard InChI is InChI=1S/C11H9BrN2O/c12-9-1-3-11(4-2-9)14-7-10(5-6-15)13-8-14/h1-4,6-8H,5H2. The fourth-order valence-corrected chi connectivity index (χ4v) is 1.57. The highest BCUT2D eigenvalue weighted by Crippen LogP contribution is 2.14. The third kappa shape index (κ3) is 2.33. The molecule has 0 saturated heterocycles. The van der Waals surface area contributed by atoms with Gasteiger partial charge in [0.2, 0.25) is 0 Å². The first-order valence-electron chi connectivity index (χ1n) is 4.52. The minimum Gasteiger partial charge on any atom is -0.306 e. The molecule has 0 N–H and O–H groups in total. The molecule has 1 aromatic heterocycles. The average molecular weight is 265 g/mol. The van der Waals surface area contributed by atoms with E-state index in [4.69, 9.17) is 0 Å². The van der Waals surface area contributed by atoms with E-state index in [9.17, 15) is 4.79 Å². The van der Waals surface area contributed by atoms with Crippen molar-refractivity contribution in [2.24, 2.45) is 0 Å². The Morgan fingerprint density at radius 3 is 2.73 bits per heavy atom. The predicted octanol–water partition coefficient (Wildman–Crippen LogP) is 2.38. The van der Waals surface area contributed by atoms with Crippen molar-refractivity contribution >= 4 is 22.2 Å². The molecule has 0 aliphatic carbocycles. The second-order valence-electron chi connectivity index (χ2n) is 3.12. The Morgan fingerprint density at radius 2 is 2.07 bits per heavy atom. The second kappa shape index (κ2) is 4.40. The molecule has 1 aromatic carbocycles. The second-order valence-corrected chi connectivity index (χ2v) is 4.04. The minimum absolute atomic E-state index is 0.365. The lowest BCUT2D eigenvalue weighted by Crippen LogP contribution is -1.89. The Hall–Kier alpha value is -1.42. The number of carbonyl (C=O) groups excluding carboxylic acids is 1. The molecule has 0 saturated carbocycles.